The number of amides is 3. The Morgan fingerprint density at radius 2 is 2.06 bits per heavy atom. The summed E-state index contributed by atoms with van der Waals surface area (Å²) in [6.45, 7) is 3.99. The molecule has 3 amide bonds. The molecular formula is C20H32N6O5S. The second kappa shape index (κ2) is 11.9. The number of imidazole rings is 1. The molecule has 1 fully saturated rings. The summed E-state index contributed by atoms with van der Waals surface area (Å²) < 4.78 is 0. The zero-order valence-corrected chi connectivity index (χ0v) is 19.2. The number of hydrogen-bond donors (Lipinski definition) is 6. The highest BCUT2D eigenvalue weighted by Crippen LogP contribution is 2.20. The molecule has 178 valence electrons. The molecule has 2 rings (SSSR count). The van der Waals surface area contributed by atoms with Crippen molar-refractivity contribution in [1.29, 1.82) is 0 Å². The van der Waals surface area contributed by atoms with E-state index in [9.17, 15) is 24.3 Å². The minimum absolute atomic E-state index is 0.102. The number of carbonyl (C=O) groups excluding carboxylic acids is 3. The van der Waals surface area contributed by atoms with Gasteiger partial charge in [-0.05, 0) is 18.8 Å². The Morgan fingerprint density at radius 3 is 2.62 bits per heavy atom. The number of nitrogens with two attached hydrogens (primary N) is 1. The molecule has 1 aromatic heterocycles. The summed E-state index contributed by atoms with van der Waals surface area (Å²) >= 11 is 4.02. The number of H-pyrrole nitrogens is 1. The van der Waals surface area contributed by atoms with Gasteiger partial charge in [-0.2, -0.15) is 12.6 Å². The standard InChI is InChI=1S/C20H32N6O5S/c1-3-11(2)16(25-17(27)13(21)9-32)18(28)24-14(7-12-8-22-10-23-12)19(29)26-6-4-5-15(26)20(30)31/h8,10-11,13-16,32H,3-7,9,21H2,1-2H3,(H,22,23)(H,24,28)(H,25,27)(H,30,31). The zero-order valence-electron chi connectivity index (χ0n) is 18.3. The molecule has 0 bridgehead atoms. The van der Waals surface area contributed by atoms with Gasteiger partial charge in [-0.3, -0.25) is 14.4 Å². The summed E-state index contributed by atoms with van der Waals surface area (Å²) in [6.07, 6.45) is 4.62. The number of carboxylic acid groups (broad SMARTS) is 1. The number of nitrogens with zero attached hydrogens (tertiary/aromatic N) is 2. The molecule has 12 heteroatoms. The van der Waals surface area contributed by atoms with Crippen LogP contribution < -0.4 is 16.4 Å². The number of rotatable bonds is 11. The van der Waals surface area contributed by atoms with E-state index >= 15 is 0 Å². The number of aliphatic carboxylic acids is 1. The fraction of sp³-hybridized carbons (Fsp3) is 0.650. The summed E-state index contributed by atoms with van der Waals surface area (Å²) in [6, 6.07) is -3.74. The smallest absolute Gasteiger partial charge is 0.326 e. The number of carboxylic acids is 1. The van der Waals surface area contributed by atoms with E-state index in [-0.39, 0.29) is 18.1 Å². The van der Waals surface area contributed by atoms with Crippen molar-refractivity contribution in [1.82, 2.24) is 25.5 Å². The lowest BCUT2D eigenvalue weighted by Gasteiger charge is -2.30. The third-order valence-electron chi connectivity index (χ3n) is 5.74. The SMILES string of the molecule is CCC(C)C(NC(=O)C(N)CS)C(=O)NC(Cc1cnc[nH]1)C(=O)N1CCCC1C(=O)O. The third kappa shape index (κ3) is 6.45. The summed E-state index contributed by atoms with van der Waals surface area (Å²) in [4.78, 5) is 58.4. The van der Waals surface area contributed by atoms with Gasteiger partial charge >= 0.3 is 5.97 Å². The number of carbonyl (C=O) groups is 4. The van der Waals surface area contributed by atoms with Crippen LogP contribution in [0.5, 0.6) is 0 Å². The van der Waals surface area contributed by atoms with Crippen LogP contribution in [0.1, 0.15) is 38.8 Å². The average Bonchev–Trinajstić information content (AvgIpc) is 3.47. The Hall–Kier alpha value is -2.60. The number of thiol groups is 1. The Balaban J connectivity index is 2.24. The highest BCUT2D eigenvalue weighted by Gasteiger charge is 2.39. The van der Waals surface area contributed by atoms with Gasteiger partial charge in [0.15, 0.2) is 0 Å². The van der Waals surface area contributed by atoms with Gasteiger partial charge in [-0.15, -0.1) is 0 Å². The number of aromatic nitrogens is 2. The first-order valence-corrected chi connectivity index (χ1v) is 11.3. The van der Waals surface area contributed by atoms with Crippen LogP contribution in [0.3, 0.4) is 0 Å². The van der Waals surface area contributed by atoms with E-state index in [4.69, 9.17) is 5.73 Å². The lowest BCUT2D eigenvalue weighted by atomic mass is 9.97. The highest BCUT2D eigenvalue weighted by molar-refractivity contribution is 7.80. The number of nitrogens with one attached hydrogen (secondary N) is 3. The molecule has 2 heterocycles. The number of likely N-dealkylation sites (tertiary alicyclic amines) is 1. The monoisotopic (exact) mass is 468 g/mol. The highest BCUT2D eigenvalue weighted by atomic mass is 32.1. The minimum Gasteiger partial charge on any atom is -0.480 e. The Bertz CT molecular complexity index is 804. The molecule has 5 unspecified atom stereocenters. The summed E-state index contributed by atoms with van der Waals surface area (Å²) in [5.74, 6) is -2.72. The van der Waals surface area contributed by atoms with Gasteiger partial charge in [-0.1, -0.05) is 20.3 Å². The van der Waals surface area contributed by atoms with Gasteiger partial charge in [0.05, 0.1) is 12.4 Å². The van der Waals surface area contributed by atoms with Crippen LogP contribution in [0.15, 0.2) is 12.5 Å². The van der Waals surface area contributed by atoms with Gasteiger partial charge in [-0.25, -0.2) is 9.78 Å². The topological polar surface area (TPSA) is 171 Å². The lowest BCUT2D eigenvalue weighted by Crippen LogP contribution is -2.59. The molecule has 6 N–H and O–H groups in total. The molecule has 1 aliphatic heterocycles. The molecule has 0 saturated carbocycles. The predicted molar refractivity (Wildman–Crippen MR) is 120 cm³/mol. The molecule has 0 aromatic carbocycles. The maximum atomic E-state index is 13.3. The largest absolute Gasteiger partial charge is 0.480 e. The van der Waals surface area contributed by atoms with E-state index in [0.29, 0.717) is 31.5 Å². The van der Waals surface area contributed by atoms with Crippen LogP contribution in [0, 0.1) is 5.92 Å². The predicted octanol–water partition coefficient (Wildman–Crippen LogP) is -0.699. The molecule has 1 aromatic rings. The summed E-state index contributed by atoms with van der Waals surface area (Å²) in [7, 11) is 0. The van der Waals surface area contributed by atoms with Crippen molar-refractivity contribution >= 4 is 36.3 Å². The Kier molecular flexibility index (Phi) is 9.51. The van der Waals surface area contributed by atoms with Gasteiger partial charge in [0.2, 0.25) is 17.7 Å². The molecule has 1 saturated heterocycles. The van der Waals surface area contributed by atoms with Crippen LogP contribution in [0.25, 0.3) is 0 Å². The summed E-state index contributed by atoms with van der Waals surface area (Å²) in [5, 5.41) is 14.8. The first-order chi connectivity index (χ1) is 15.2. The molecule has 11 nitrogen and oxygen atoms in total. The van der Waals surface area contributed by atoms with E-state index in [1.54, 1.807) is 0 Å². The summed E-state index contributed by atoms with van der Waals surface area (Å²) in [5.41, 5.74) is 6.33. The molecular weight excluding hydrogens is 436 g/mol. The van der Waals surface area contributed by atoms with Crippen LogP contribution in [0.4, 0.5) is 0 Å². The van der Waals surface area contributed by atoms with Gasteiger partial charge in [0.1, 0.15) is 18.1 Å². The van der Waals surface area contributed by atoms with Crippen LogP contribution in [0.2, 0.25) is 0 Å². The number of hydrogen-bond acceptors (Lipinski definition) is 7. The van der Waals surface area contributed by atoms with Crippen molar-refractivity contribution in [3.63, 3.8) is 0 Å². The number of aromatic amines is 1. The van der Waals surface area contributed by atoms with Gasteiger partial charge < -0.3 is 31.4 Å². The minimum atomic E-state index is -1.08. The Labute approximate surface area is 192 Å². The van der Waals surface area contributed by atoms with Crippen molar-refractivity contribution in [2.75, 3.05) is 12.3 Å². The van der Waals surface area contributed by atoms with Crippen molar-refractivity contribution in [3.05, 3.63) is 18.2 Å². The van der Waals surface area contributed by atoms with Crippen LogP contribution >= 0.6 is 12.6 Å². The lowest BCUT2D eigenvalue weighted by molar-refractivity contribution is -0.149. The average molecular weight is 469 g/mol. The fourth-order valence-corrected chi connectivity index (χ4v) is 3.78. The second-order valence-electron chi connectivity index (χ2n) is 8.03. The van der Waals surface area contributed by atoms with Crippen molar-refractivity contribution in [3.8, 4) is 0 Å². The molecule has 0 aliphatic carbocycles. The molecule has 1 aliphatic rings. The zero-order chi connectivity index (χ0) is 23.8. The van der Waals surface area contributed by atoms with Crippen LogP contribution in [-0.4, -0.2) is 80.1 Å². The fourth-order valence-electron chi connectivity index (χ4n) is 3.61. The van der Waals surface area contributed by atoms with Gasteiger partial charge in [0.25, 0.3) is 0 Å². The Morgan fingerprint density at radius 1 is 1.34 bits per heavy atom. The molecule has 0 radical (unpaired) electrons. The first kappa shape index (κ1) is 25.7. The van der Waals surface area contributed by atoms with Crippen LogP contribution in [-0.2, 0) is 25.6 Å². The molecule has 5 atom stereocenters. The van der Waals surface area contributed by atoms with Crippen molar-refractivity contribution < 1.29 is 24.3 Å². The maximum Gasteiger partial charge on any atom is 0.326 e. The van der Waals surface area contributed by atoms with E-state index in [2.05, 4.69) is 33.2 Å². The first-order valence-electron chi connectivity index (χ1n) is 10.7. The normalized spacial score (nSPS) is 19.6. The van der Waals surface area contributed by atoms with E-state index in [0.717, 1.165) is 0 Å². The molecule has 0 spiro atoms. The van der Waals surface area contributed by atoms with Crippen molar-refractivity contribution in [2.45, 2.75) is 63.7 Å². The van der Waals surface area contributed by atoms with Crippen molar-refractivity contribution in [2.24, 2.45) is 11.7 Å². The second-order valence-corrected chi connectivity index (χ2v) is 8.40. The molecule has 32 heavy (non-hydrogen) atoms. The van der Waals surface area contributed by atoms with E-state index < -0.39 is 47.9 Å². The maximum absolute atomic E-state index is 13.3. The van der Waals surface area contributed by atoms with Gasteiger partial charge in [0, 0.05) is 30.6 Å². The van der Waals surface area contributed by atoms with E-state index in [1.165, 1.54) is 17.4 Å². The third-order valence-corrected chi connectivity index (χ3v) is 6.13. The quantitative estimate of drug-likeness (QED) is 0.233. The van der Waals surface area contributed by atoms with E-state index in [1.807, 2.05) is 13.8 Å².